The zero-order valence-corrected chi connectivity index (χ0v) is 11.4. The lowest BCUT2D eigenvalue weighted by Gasteiger charge is -2.26. The Morgan fingerprint density at radius 1 is 1.48 bits per heavy atom. The number of carbonyl (C=O) groups excluding carboxylic acids is 1. The molecule has 0 spiro atoms. The van der Waals surface area contributed by atoms with Crippen LogP contribution < -0.4 is 10.4 Å². The molecule has 10 heteroatoms. The second kappa shape index (κ2) is 5.28. The number of halogens is 2. The van der Waals surface area contributed by atoms with Gasteiger partial charge in [-0.3, -0.25) is 9.36 Å². The molecule has 2 aromatic heterocycles. The Morgan fingerprint density at radius 3 is 3.05 bits per heavy atom. The zero-order chi connectivity index (χ0) is 15.0. The predicted molar refractivity (Wildman–Crippen MR) is 68.5 cm³/mol. The van der Waals surface area contributed by atoms with Gasteiger partial charge in [0.15, 0.2) is 5.82 Å². The van der Waals surface area contributed by atoms with E-state index in [-0.39, 0.29) is 22.9 Å². The molecule has 0 saturated carbocycles. The number of nitrogens with zero attached hydrogens (tertiary/aromatic N) is 3. The molecular weight excluding hydrogens is 306 g/mol. The summed E-state index contributed by atoms with van der Waals surface area (Å²) in [6.45, 7) is -2.22. The molecule has 0 saturated heterocycles. The Morgan fingerprint density at radius 2 is 2.29 bits per heavy atom. The van der Waals surface area contributed by atoms with Gasteiger partial charge in [-0.15, -0.1) is 11.3 Å². The van der Waals surface area contributed by atoms with E-state index >= 15 is 0 Å². The minimum absolute atomic E-state index is 0.113. The maximum absolute atomic E-state index is 12.4. The van der Waals surface area contributed by atoms with E-state index in [2.05, 4.69) is 14.9 Å². The third kappa shape index (κ3) is 2.53. The highest BCUT2D eigenvalue weighted by Gasteiger charge is 2.27. The van der Waals surface area contributed by atoms with Crippen LogP contribution in [0.25, 0.3) is 0 Å². The van der Waals surface area contributed by atoms with E-state index < -0.39 is 12.5 Å². The van der Waals surface area contributed by atoms with Crippen LogP contribution in [0.2, 0.25) is 0 Å². The van der Waals surface area contributed by atoms with Crippen LogP contribution in [0.15, 0.2) is 16.2 Å². The molecule has 0 unspecified atom stereocenters. The largest absolute Gasteiger partial charge is 0.433 e. The summed E-state index contributed by atoms with van der Waals surface area (Å²) < 4.78 is 30.3. The molecule has 1 amide bonds. The first-order chi connectivity index (χ1) is 10.1. The highest BCUT2D eigenvalue weighted by molar-refractivity contribution is 7.12. The van der Waals surface area contributed by atoms with Crippen molar-refractivity contribution in [2.75, 3.05) is 6.54 Å². The Labute approximate surface area is 120 Å². The van der Waals surface area contributed by atoms with Crippen LogP contribution in [0.4, 0.5) is 8.78 Å². The van der Waals surface area contributed by atoms with Crippen LogP contribution in [0.5, 0.6) is 5.75 Å². The fraction of sp³-hybridized carbons (Fsp3) is 0.364. The van der Waals surface area contributed by atoms with Crippen molar-refractivity contribution < 1.29 is 18.3 Å². The summed E-state index contributed by atoms with van der Waals surface area (Å²) in [5.41, 5.74) is -0.324. The van der Waals surface area contributed by atoms with Gasteiger partial charge in [-0.1, -0.05) is 0 Å². The van der Waals surface area contributed by atoms with Gasteiger partial charge < -0.3 is 9.64 Å². The number of aromatic amines is 1. The summed E-state index contributed by atoms with van der Waals surface area (Å²) in [7, 11) is 0. The number of thiophene rings is 1. The number of hydrogen-bond donors (Lipinski definition) is 1. The number of aromatic nitrogens is 3. The molecule has 7 nitrogen and oxygen atoms in total. The van der Waals surface area contributed by atoms with Gasteiger partial charge in [0, 0.05) is 13.1 Å². The minimum atomic E-state index is -2.98. The quantitative estimate of drug-likeness (QED) is 0.912. The third-order valence-electron chi connectivity index (χ3n) is 3.09. The third-order valence-corrected chi connectivity index (χ3v) is 3.97. The number of rotatable bonds is 3. The van der Waals surface area contributed by atoms with Crippen LogP contribution in [0.3, 0.4) is 0 Å². The van der Waals surface area contributed by atoms with Gasteiger partial charge in [0.2, 0.25) is 0 Å². The van der Waals surface area contributed by atoms with Crippen LogP contribution in [-0.4, -0.2) is 38.7 Å². The van der Waals surface area contributed by atoms with Crippen LogP contribution in [0, 0.1) is 0 Å². The molecule has 3 heterocycles. The molecule has 0 aliphatic carbocycles. The average Bonchev–Trinajstić information content (AvgIpc) is 3.04. The van der Waals surface area contributed by atoms with E-state index in [9.17, 15) is 18.4 Å². The van der Waals surface area contributed by atoms with Crippen molar-refractivity contribution in [2.24, 2.45) is 0 Å². The number of carbonyl (C=O) groups is 1. The maximum atomic E-state index is 12.4. The Bertz CT molecular complexity index is 723. The second-order valence-corrected chi connectivity index (χ2v) is 5.23. The summed E-state index contributed by atoms with van der Waals surface area (Å²) in [6, 6.07) is 1.33. The number of H-pyrrole nitrogens is 1. The van der Waals surface area contributed by atoms with Gasteiger partial charge in [-0.05, 0) is 11.4 Å². The highest BCUT2D eigenvalue weighted by Crippen LogP contribution is 2.28. The molecular formula is C11H10F2N4O3S. The molecule has 0 bridgehead atoms. The van der Waals surface area contributed by atoms with E-state index in [0.717, 1.165) is 11.3 Å². The molecule has 112 valence electrons. The number of ether oxygens (including phenoxy) is 1. The fourth-order valence-corrected chi connectivity index (χ4v) is 2.92. The smallest absolute Gasteiger partial charge is 0.387 e. The predicted octanol–water partition coefficient (Wildman–Crippen LogP) is 0.890. The normalized spacial score (nSPS) is 14.3. The fourth-order valence-electron chi connectivity index (χ4n) is 2.13. The van der Waals surface area contributed by atoms with Crippen molar-refractivity contribution in [2.45, 2.75) is 19.7 Å². The number of hydrogen-bond acceptors (Lipinski definition) is 5. The molecule has 21 heavy (non-hydrogen) atoms. The monoisotopic (exact) mass is 316 g/mol. The SMILES string of the molecule is O=C(c1sccc1OC(F)F)N1CCn2c(n[nH]c2=O)C1. The van der Waals surface area contributed by atoms with Crippen molar-refractivity contribution in [3.8, 4) is 5.75 Å². The van der Waals surface area contributed by atoms with Gasteiger partial charge in [0.1, 0.15) is 10.6 Å². The van der Waals surface area contributed by atoms with Crippen molar-refractivity contribution in [1.29, 1.82) is 0 Å². The molecule has 0 radical (unpaired) electrons. The average molecular weight is 316 g/mol. The topological polar surface area (TPSA) is 80.2 Å². The summed E-state index contributed by atoms with van der Waals surface area (Å²) in [5, 5.41) is 7.65. The number of fused-ring (bicyclic) bond motifs is 1. The van der Waals surface area contributed by atoms with E-state index in [1.807, 2.05) is 0 Å². The highest BCUT2D eigenvalue weighted by atomic mass is 32.1. The zero-order valence-electron chi connectivity index (χ0n) is 10.6. The van der Waals surface area contributed by atoms with Gasteiger partial charge in [0.25, 0.3) is 5.91 Å². The maximum Gasteiger partial charge on any atom is 0.387 e. The number of amides is 1. The summed E-state index contributed by atoms with van der Waals surface area (Å²) in [4.78, 5) is 25.3. The molecule has 3 rings (SSSR count). The first kappa shape index (κ1) is 13.7. The van der Waals surface area contributed by atoms with Crippen LogP contribution in [0.1, 0.15) is 15.5 Å². The molecule has 2 aromatic rings. The molecule has 1 aliphatic rings. The lowest BCUT2D eigenvalue weighted by atomic mass is 10.3. The van der Waals surface area contributed by atoms with Crippen molar-refractivity contribution >= 4 is 17.2 Å². The van der Waals surface area contributed by atoms with Gasteiger partial charge in [-0.2, -0.15) is 13.9 Å². The lowest BCUT2D eigenvalue weighted by Crippen LogP contribution is -2.40. The van der Waals surface area contributed by atoms with Crippen molar-refractivity contribution in [3.05, 3.63) is 32.6 Å². The second-order valence-electron chi connectivity index (χ2n) is 4.32. The molecule has 0 atom stereocenters. The standard InChI is InChI=1S/C11H10F2N4O3S/c12-10(13)20-6-1-4-21-8(6)9(18)16-2-3-17-7(5-16)14-15-11(17)19/h1,4,10H,2-3,5H2,(H,15,19). The first-order valence-corrected chi connectivity index (χ1v) is 6.90. The minimum Gasteiger partial charge on any atom is -0.433 e. The van der Waals surface area contributed by atoms with Crippen LogP contribution >= 0.6 is 11.3 Å². The molecule has 0 aromatic carbocycles. The van der Waals surface area contributed by atoms with Crippen molar-refractivity contribution in [3.63, 3.8) is 0 Å². The van der Waals surface area contributed by atoms with Gasteiger partial charge in [0.05, 0.1) is 6.54 Å². The molecule has 0 fully saturated rings. The summed E-state index contributed by atoms with van der Waals surface area (Å²) >= 11 is 1.03. The van der Waals surface area contributed by atoms with Crippen LogP contribution in [-0.2, 0) is 13.1 Å². The Kier molecular flexibility index (Phi) is 3.45. The number of alkyl halides is 2. The summed E-state index contributed by atoms with van der Waals surface area (Å²) in [6.07, 6.45) is 0. The lowest BCUT2D eigenvalue weighted by molar-refractivity contribution is -0.0499. The van der Waals surface area contributed by atoms with E-state index in [4.69, 9.17) is 0 Å². The Hall–Kier alpha value is -2.23. The molecule has 1 N–H and O–H groups in total. The number of nitrogens with one attached hydrogen (secondary N) is 1. The Balaban J connectivity index is 1.81. The van der Waals surface area contributed by atoms with E-state index in [0.29, 0.717) is 18.9 Å². The molecule has 1 aliphatic heterocycles. The first-order valence-electron chi connectivity index (χ1n) is 6.02. The summed E-state index contributed by atoms with van der Waals surface area (Å²) in [5.74, 6) is -0.111. The van der Waals surface area contributed by atoms with E-state index in [1.54, 1.807) is 0 Å². The van der Waals surface area contributed by atoms with Crippen molar-refractivity contribution in [1.82, 2.24) is 19.7 Å². The van der Waals surface area contributed by atoms with Gasteiger partial charge in [-0.25, -0.2) is 9.89 Å². The van der Waals surface area contributed by atoms with E-state index in [1.165, 1.54) is 20.9 Å². The van der Waals surface area contributed by atoms with Gasteiger partial charge >= 0.3 is 12.3 Å².